The summed E-state index contributed by atoms with van der Waals surface area (Å²) in [6.07, 6.45) is -2.71. The van der Waals surface area contributed by atoms with E-state index in [1.165, 1.54) is 18.1 Å². The van der Waals surface area contributed by atoms with Crippen LogP contribution >= 0.6 is 0 Å². The molecule has 0 bridgehead atoms. The minimum Gasteiger partial charge on any atom is -0.364 e. The Bertz CT molecular complexity index is 495. The number of guanidine groups is 1. The van der Waals surface area contributed by atoms with Gasteiger partial charge in [0, 0.05) is 38.8 Å². The van der Waals surface area contributed by atoms with Crippen LogP contribution in [0.5, 0.6) is 0 Å². The number of alkyl halides is 3. The minimum absolute atomic E-state index is 0.356. The fourth-order valence-corrected chi connectivity index (χ4v) is 2.43. The summed E-state index contributed by atoms with van der Waals surface area (Å²) in [5.41, 5.74) is 0.713. The van der Waals surface area contributed by atoms with Gasteiger partial charge < -0.3 is 14.7 Å². The Hall–Kier alpha value is -1.77. The van der Waals surface area contributed by atoms with Crippen LogP contribution in [0.1, 0.15) is 19.5 Å². The molecule has 1 aliphatic rings. The quantitative estimate of drug-likeness (QED) is 0.671. The molecule has 1 saturated heterocycles. The van der Waals surface area contributed by atoms with Gasteiger partial charge in [0.15, 0.2) is 5.96 Å². The van der Waals surface area contributed by atoms with E-state index in [0.717, 1.165) is 0 Å². The first kappa shape index (κ1) is 17.6. The fraction of sp³-hybridized carbons (Fsp3) is 0.714. The molecular weight excluding hydrogens is 311 g/mol. The highest BCUT2D eigenvalue weighted by atomic mass is 19.4. The van der Waals surface area contributed by atoms with E-state index in [9.17, 15) is 13.2 Å². The van der Waals surface area contributed by atoms with Crippen molar-refractivity contribution in [2.24, 2.45) is 4.99 Å². The van der Waals surface area contributed by atoms with E-state index in [-0.39, 0.29) is 0 Å². The predicted molar refractivity (Wildman–Crippen MR) is 80.0 cm³/mol. The van der Waals surface area contributed by atoms with Crippen molar-refractivity contribution in [2.45, 2.75) is 32.6 Å². The molecule has 9 heteroatoms. The maximum Gasteiger partial charge on any atom is 0.403 e. The van der Waals surface area contributed by atoms with Gasteiger partial charge in [0.05, 0.1) is 6.54 Å². The van der Waals surface area contributed by atoms with E-state index in [1.54, 1.807) is 6.07 Å². The first-order valence-corrected chi connectivity index (χ1v) is 7.65. The summed E-state index contributed by atoms with van der Waals surface area (Å²) in [7, 11) is 0. The molecule has 0 spiro atoms. The lowest BCUT2D eigenvalue weighted by Gasteiger charge is -2.39. The van der Waals surface area contributed by atoms with Crippen LogP contribution in [0.3, 0.4) is 0 Å². The van der Waals surface area contributed by atoms with Crippen LogP contribution < -0.4 is 5.32 Å². The van der Waals surface area contributed by atoms with Gasteiger partial charge in [0.2, 0.25) is 0 Å². The lowest BCUT2D eigenvalue weighted by atomic mass is 10.2. The molecule has 1 aliphatic heterocycles. The molecule has 1 unspecified atom stereocenters. The highest BCUT2D eigenvalue weighted by molar-refractivity contribution is 5.80. The number of halogens is 3. The van der Waals surface area contributed by atoms with Gasteiger partial charge in [-0.05, 0) is 13.8 Å². The Balaban J connectivity index is 1.93. The normalized spacial score (nSPS) is 19.0. The largest absolute Gasteiger partial charge is 0.403 e. The molecule has 0 radical (unpaired) electrons. The van der Waals surface area contributed by atoms with Gasteiger partial charge in [0.25, 0.3) is 0 Å². The van der Waals surface area contributed by atoms with Crippen molar-refractivity contribution < 1.29 is 17.7 Å². The van der Waals surface area contributed by atoms with Crippen molar-refractivity contribution in [3.8, 4) is 0 Å². The van der Waals surface area contributed by atoms with Crippen LogP contribution in [-0.4, -0.2) is 65.9 Å². The molecule has 6 nitrogen and oxygen atoms in total. The Morgan fingerprint density at radius 3 is 2.61 bits per heavy atom. The number of aliphatic imine (C=N–C) groups is 1. The number of hydrogen-bond acceptors (Lipinski definition) is 4. The van der Waals surface area contributed by atoms with Crippen molar-refractivity contribution in [3.05, 3.63) is 18.0 Å². The molecule has 130 valence electrons. The van der Waals surface area contributed by atoms with Crippen molar-refractivity contribution in [1.82, 2.24) is 20.3 Å². The topological polar surface area (TPSA) is 56.9 Å². The molecule has 23 heavy (non-hydrogen) atoms. The van der Waals surface area contributed by atoms with E-state index >= 15 is 0 Å². The van der Waals surface area contributed by atoms with Crippen molar-refractivity contribution in [2.75, 3.05) is 32.7 Å². The lowest BCUT2D eigenvalue weighted by Crippen LogP contribution is -2.56. The number of nitrogens with one attached hydrogen (secondary N) is 1. The molecule has 2 rings (SSSR count). The van der Waals surface area contributed by atoms with Crippen LogP contribution in [0, 0.1) is 0 Å². The fourth-order valence-electron chi connectivity index (χ4n) is 2.43. The molecule has 1 N–H and O–H groups in total. The molecule has 0 saturated carbocycles. The Kier molecular flexibility index (Phi) is 5.86. The molecule has 0 aromatic carbocycles. The van der Waals surface area contributed by atoms with Crippen molar-refractivity contribution in [1.29, 1.82) is 0 Å². The summed E-state index contributed by atoms with van der Waals surface area (Å²) in [4.78, 5) is 7.90. The molecule has 2 heterocycles. The monoisotopic (exact) mass is 333 g/mol. The van der Waals surface area contributed by atoms with Gasteiger partial charge in [-0.25, -0.2) is 4.99 Å². The van der Waals surface area contributed by atoms with E-state index < -0.39 is 12.2 Å². The Morgan fingerprint density at radius 1 is 1.39 bits per heavy atom. The maximum absolute atomic E-state index is 12.8. The average Bonchev–Trinajstić information content (AvgIpc) is 3.03. The summed E-state index contributed by atoms with van der Waals surface area (Å²) in [6.45, 7) is 5.95. The van der Waals surface area contributed by atoms with Crippen LogP contribution in [-0.2, 0) is 6.54 Å². The van der Waals surface area contributed by atoms with Gasteiger partial charge in [-0.15, -0.1) is 0 Å². The SMILES string of the molecule is CCNC(=NCc1ccon1)N1CCN(C(C)C(F)(F)F)CC1. The van der Waals surface area contributed by atoms with Gasteiger partial charge >= 0.3 is 6.18 Å². The van der Waals surface area contributed by atoms with E-state index in [1.807, 2.05) is 11.8 Å². The summed E-state index contributed by atoms with van der Waals surface area (Å²) in [5, 5.41) is 6.96. The number of hydrogen-bond donors (Lipinski definition) is 1. The van der Waals surface area contributed by atoms with Crippen LogP contribution in [0.25, 0.3) is 0 Å². The molecular formula is C14H22F3N5O. The second kappa shape index (κ2) is 7.67. The number of piperazine rings is 1. The highest BCUT2D eigenvalue weighted by Gasteiger charge is 2.41. The molecule has 0 aliphatic carbocycles. The number of aromatic nitrogens is 1. The molecule has 0 amide bonds. The van der Waals surface area contributed by atoms with Gasteiger partial charge in [-0.2, -0.15) is 13.2 Å². The minimum atomic E-state index is -4.19. The standard InChI is InChI=1S/C14H22F3N5O/c1-3-18-13(19-10-12-4-9-23-20-12)22-7-5-21(6-8-22)11(2)14(15,16)17/h4,9,11H,3,5-8,10H2,1-2H3,(H,18,19). The number of nitrogens with zero attached hydrogens (tertiary/aromatic N) is 4. The molecule has 1 fully saturated rings. The summed E-state index contributed by atoms with van der Waals surface area (Å²) >= 11 is 0. The van der Waals surface area contributed by atoms with E-state index in [2.05, 4.69) is 15.5 Å². The molecule has 1 atom stereocenters. The zero-order valence-corrected chi connectivity index (χ0v) is 13.3. The molecule has 1 aromatic rings. The van der Waals surface area contributed by atoms with Gasteiger partial charge in [0.1, 0.15) is 18.0 Å². The number of rotatable bonds is 4. The predicted octanol–water partition coefficient (Wildman–Crippen LogP) is 1.71. The third kappa shape index (κ3) is 4.85. The third-order valence-corrected chi connectivity index (χ3v) is 3.85. The average molecular weight is 333 g/mol. The first-order chi connectivity index (χ1) is 10.9. The summed E-state index contributed by atoms with van der Waals surface area (Å²) in [6, 6.07) is 0.315. The second-order valence-electron chi connectivity index (χ2n) is 5.40. The highest BCUT2D eigenvalue weighted by Crippen LogP contribution is 2.25. The van der Waals surface area contributed by atoms with Gasteiger partial charge in [-0.3, -0.25) is 4.90 Å². The summed E-state index contributed by atoms with van der Waals surface area (Å²) < 4.78 is 43.1. The summed E-state index contributed by atoms with van der Waals surface area (Å²) in [5.74, 6) is 0.690. The van der Waals surface area contributed by atoms with Crippen molar-refractivity contribution in [3.63, 3.8) is 0 Å². The Labute approximate surface area is 133 Å². The lowest BCUT2D eigenvalue weighted by molar-refractivity contribution is -0.181. The second-order valence-corrected chi connectivity index (χ2v) is 5.40. The van der Waals surface area contributed by atoms with Gasteiger partial charge in [-0.1, -0.05) is 5.16 Å². The van der Waals surface area contributed by atoms with Crippen LogP contribution in [0.2, 0.25) is 0 Å². The van der Waals surface area contributed by atoms with Crippen LogP contribution in [0.4, 0.5) is 13.2 Å². The zero-order chi connectivity index (χ0) is 16.9. The third-order valence-electron chi connectivity index (χ3n) is 3.85. The van der Waals surface area contributed by atoms with E-state index in [4.69, 9.17) is 4.52 Å². The maximum atomic E-state index is 12.8. The van der Waals surface area contributed by atoms with Crippen molar-refractivity contribution >= 4 is 5.96 Å². The van der Waals surface area contributed by atoms with Crippen LogP contribution in [0.15, 0.2) is 21.8 Å². The van der Waals surface area contributed by atoms with E-state index in [0.29, 0.717) is 50.9 Å². The first-order valence-electron chi connectivity index (χ1n) is 7.65. The zero-order valence-electron chi connectivity index (χ0n) is 13.3. The molecule has 1 aromatic heterocycles. The smallest absolute Gasteiger partial charge is 0.364 e. The Morgan fingerprint density at radius 2 is 2.09 bits per heavy atom.